The molecule has 0 aliphatic heterocycles. The number of aliphatic carboxylic acids is 1. The van der Waals surface area contributed by atoms with Crippen LogP contribution in [0.1, 0.15) is 33.1 Å². The van der Waals surface area contributed by atoms with Crippen LogP contribution in [0, 0.1) is 17.5 Å². The molecule has 1 heterocycles. The predicted molar refractivity (Wildman–Crippen MR) is 135 cm³/mol. The number of carbonyl (C=O) groups is 2. The van der Waals surface area contributed by atoms with E-state index in [0.29, 0.717) is 10.1 Å². The first-order chi connectivity index (χ1) is 18.2. The molecular formula is C28H22F3N3O4. The van der Waals surface area contributed by atoms with Gasteiger partial charge >= 0.3 is 5.97 Å². The van der Waals surface area contributed by atoms with E-state index in [0.717, 1.165) is 36.4 Å². The third-order valence-corrected chi connectivity index (χ3v) is 5.92. The number of carboxylic acid groups (broad SMARTS) is 1. The van der Waals surface area contributed by atoms with E-state index in [1.54, 1.807) is 30.3 Å². The smallest absolute Gasteiger partial charge is 0.325 e. The Labute approximate surface area is 215 Å². The maximum atomic E-state index is 15.1. The number of hydrogen-bond acceptors (Lipinski definition) is 5. The van der Waals surface area contributed by atoms with Crippen LogP contribution in [0.5, 0.6) is 0 Å². The molecule has 0 amide bonds. The number of halogens is 3. The van der Waals surface area contributed by atoms with Gasteiger partial charge < -0.3 is 16.2 Å². The summed E-state index contributed by atoms with van der Waals surface area (Å²) in [5, 5.41) is 12.4. The molecule has 0 saturated heterocycles. The Morgan fingerprint density at radius 3 is 2.16 bits per heavy atom. The summed E-state index contributed by atoms with van der Waals surface area (Å²) in [5.41, 5.74) is 5.02. The fourth-order valence-corrected chi connectivity index (χ4v) is 4.06. The second-order valence-corrected chi connectivity index (χ2v) is 8.44. The van der Waals surface area contributed by atoms with Crippen molar-refractivity contribution in [1.82, 2.24) is 9.88 Å². The first-order valence-corrected chi connectivity index (χ1v) is 11.5. The molecule has 194 valence electrons. The maximum absolute atomic E-state index is 15.1. The number of hydrogen-bond donors (Lipinski definition) is 3. The minimum absolute atomic E-state index is 0.0715. The highest BCUT2D eigenvalue weighted by atomic mass is 19.1. The monoisotopic (exact) mass is 521 g/mol. The number of rotatable bonds is 9. The molecule has 1 atom stereocenters. The van der Waals surface area contributed by atoms with E-state index in [9.17, 15) is 23.9 Å². The fourth-order valence-electron chi connectivity index (χ4n) is 4.06. The lowest BCUT2D eigenvalue weighted by atomic mass is 10.0. The van der Waals surface area contributed by atoms with Crippen LogP contribution in [0.4, 0.5) is 19.0 Å². The van der Waals surface area contributed by atoms with Crippen molar-refractivity contribution >= 4 is 17.6 Å². The van der Waals surface area contributed by atoms with Crippen LogP contribution in [-0.4, -0.2) is 28.0 Å². The summed E-state index contributed by atoms with van der Waals surface area (Å²) in [5.74, 6) is -5.00. The lowest BCUT2D eigenvalue weighted by molar-refractivity contribution is -0.139. The summed E-state index contributed by atoms with van der Waals surface area (Å²) in [6, 6.07) is 16.2. The number of carbonyl (C=O) groups excluding carboxylic acids is 1. The van der Waals surface area contributed by atoms with Gasteiger partial charge in [-0.05, 0) is 60.0 Å². The Morgan fingerprint density at radius 1 is 0.921 bits per heavy atom. The van der Waals surface area contributed by atoms with Gasteiger partial charge in [0.2, 0.25) is 0 Å². The summed E-state index contributed by atoms with van der Waals surface area (Å²) in [4.78, 5) is 37.1. The van der Waals surface area contributed by atoms with E-state index in [-0.39, 0.29) is 29.7 Å². The number of aromatic nitrogens is 1. The number of nitrogens with one attached hydrogen (secondary N) is 1. The standard InChI is InChI=1S/C28H22F3N3O4/c29-19-8-6-18(7-9-19)26(36)20-10-11-23(35)34(27(20)32)25-21(30)14-16(15-22(25)31)12-13-33-24(28(37)38)17-4-2-1-3-5-17/h1-11,14-15,24,33H,12-13,32H2,(H,37,38)/t24-/m0/s1. The van der Waals surface area contributed by atoms with Gasteiger partial charge in [-0.2, -0.15) is 0 Å². The highest BCUT2D eigenvalue weighted by Gasteiger charge is 2.22. The van der Waals surface area contributed by atoms with Crippen LogP contribution >= 0.6 is 0 Å². The first-order valence-electron chi connectivity index (χ1n) is 11.5. The Balaban J connectivity index is 1.60. The summed E-state index contributed by atoms with van der Waals surface area (Å²) in [7, 11) is 0. The third-order valence-electron chi connectivity index (χ3n) is 5.92. The van der Waals surface area contributed by atoms with Gasteiger partial charge in [0.05, 0.1) is 5.56 Å². The van der Waals surface area contributed by atoms with Gasteiger partial charge in [0.15, 0.2) is 17.4 Å². The van der Waals surface area contributed by atoms with Crippen LogP contribution in [0.3, 0.4) is 0 Å². The number of ketones is 1. The summed E-state index contributed by atoms with van der Waals surface area (Å²) in [6.45, 7) is 0.0911. The Kier molecular flexibility index (Phi) is 7.73. The molecular weight excluding hydrogens is 499 g/mol. The molecule has 0 fully saturated rings. The van der Waals surface area contributed by atoms with Crippen molar-refractivity contribution < 1.29 is 27.9 Å². The first kappa shape index (κ1) is 26.4. The molecule has 4 N–H and O–H groups in total. The van der Waals surface area contributed by atoms with Gasteiger partial charge in [0.1, 0.15) is 23.4 Å². The van der Waals surface area contributed by atoms with Crippen molar-refractivity contribution in [2.45, 2.75) is 12.5 Å². The largest absolute Gasteiger partial charge is 0.480 e. The molecule has 0 unspecified atom stereocenters. The number of nitrogens with zero attached hydrogens (tertiary/aromatic N) is 1. The van der Waals surface area contributed by atoms with Gasteiger partial charge in [-0.1, -0.05) is 30.3 Å². The topological polar surface area (TPSA) is 114 Å². The molecule has 0 saturated carbocycles. The summed E-state index contributed by atoms with van der Waals surface area (Å²) >= 11 is 0. The average molecular weight is 521 g/mol. The van der Waals surface area contributed by atoms with Gasteiger partial charge in [-0.15, -0.1) is 0 Å². The minimum atomic E-state index is -1.10. The summed E-state index contributed by atoms with van der Waals surface area (Å²) < 4.78 is 44.1. The Morgan fingerprint density at radius 2 is 1.55 bits per heavy atom. The number of anilines is 1. The Bertz CT molecular complexity index is 1530. The van der Waals surface area contributed by atoms with Crippen molar-refractivity contribution in [2.24, 2.45) is 0 Å². The molecule has 3 aromatic carbocycles. The van der Waals surface area contributed by atoms with Crippen molar-refractivity contribution in [3.8, 4) is 5.69 Å². The predicted octanol–water partition coefficient (Wildman–Crippen LogP) is 4.03. The highest BCUT2D eigenvalue weighted by Crippen LogP contribution is 2.24. The van der Waals surface area contributed by atoms with E-state index >= 15 is 8.78 Å². The fraction of sp³-hybridized carbons (Fsp3) is 0.107. The minimum Gasteiger partial charge on any atom is -0.480 e. The van der Waals surface area contributed by atoms with E-state index in [2.05, 4.69) is 5.32 Å². The zero-order valence-corrected chi connectivity index (χ0v) is 19.8. The van der Waals surface area contributed by atoms with Gasteiger partial charge in [0.25, 0.3) is 5.56 Å². The van der Waals surface area contributed by atoms with Crippen molar-refractivity contribution in [3.63, 3.8) is 0 Å². The summed E-state index contributed by atoms with van der Waals surface area (Å²) in [6.07, 6.45) is 0.0816. The van der Waals surface area contributed by atoms with Crippen molar-refractivity contribution in [1.29, 1.82) is 0 Å². The quantitative estimate of drug-likeness (QED) is 0.287. The number of pyridine rings is 1. The Hall–Kier alpha value is -4.70. The van der Waals surface area contributed by atoms with E-state index in [1.807, 2.05) is 0 Å². The van der Waals surface area contributed by atoms with Gasteiger partial charge in [-0.25, -0.2) is 13.2 Å². The maximum Gasteiger partial charge on any atom is 0.325 e. The molecule has 38 heavy (non-hydrogen) atoms. The zero-order valence-electron chi connectivity index (χ0n) is 19.8. The van der Waals surface area contributed by atoms with Crippen molar-refractivity contribution in [3.05, 3.63) is 129 Å². The molecule has 0 aliphatic carbocycles. The van der Waals surface area contributed by atoms with Crippen LogP contribution in [0.15, 0.2) is 83.7 Å². The normalized spacial score (nSPS) is 11.8. The van der Waals surface area contributed by atoms with E-state index in [4.69, 9.17) is 5.73 Å². The zero-order chi connectivity index (χ0) is 27.4. The van der Waals surface area contributed by atoms with Crippen LogP contribution in [0.25, 0.3) is 5.69 Å². The molecule has 0 radical (unpaired) electrons. The number of nitrogens with two attached hydrogens (primary N) is 1. The van der Waals surface area contributed by atoms with Crippen LogP contribution < -0.4 is 16.6 Å². The molecule has 4 aromatic rings. The SMILES string of the molecule is Nc1c(C(=O)c2ccc(F)cc2)ccc(=O)n1-c1c(F)cc(CCN[C@H](C(=O)O)c2ccccc2)cc1F. The molecule has 1 aromatic heterocycles. The van der Waals surface area contributed by atoms with Crippen LogP contribution in [0.2, 0.25) is 0 Å². The highest BCUT2D eigenvalue weighted by molar-refractivity contribution is 6.11. The second kappa shape index (κ2) is 11.1. The molecule has 10 heteroatoms. The van der Waals surface area contributed by atoms with Gasteiger partial charge in [0, 0.05) is 18.2 Å². The average Bonchev–Trinajstić information content (AvgIpc) is 2.88. The number of benzene rings is 3. The lowest BCUT2D eigenvalue weighted by Gasteiger charge is -2.17. The molecule has 7 nitrogen and oxygen atoms in total. The van der Waals surface area contributed by atoms with E-state index < -0.39 is 52.3 Å². The number of carboxylic acids is 1. The second-order valence-electron chi connectivity index (χ2n) is 8.44. The van der Waals surface area contributed by atoms with Crippen LogP contribution in [-0.2, 0) is 11.2 Å². The third kappa shape index (κ3) is 5.50. The molecule has 4 rings (SSSR count). The van der Waals surface area contributed by atoms with E-state index in [1.165, 1.54) is 12.1 Å². The molecule has 0 spiro atoms. The van der Waals surface area contributed by atoms with Crippen molar-refractivity contribution in [2.75, 3.05) is 12.3 Å². The lowest BCUT2D eigenvalue weighted by Crippen LogP contribution is -2.30. The van der Waals surface area contributed by atoms with Gasteiger partial charge in [-0.3, -0.25) is 19.0 Å². The molecule has 0 aliphatic rings. The molecule has 0 bridgehead atoms. The number of nitrogen functional groups attached to an aromatic ring is 1.